The Morgan fingerprint density at radius 2 is 1.91 bits per heavy atom. The quantitative estimate of drug-likeness (QED) is 0.284. The van der Waals surface area contributed by atoms with E-state index in [1.807, 2.05) is 62.4 Å². The highest BCUT2D eigenvalue weighted by molar-refractivity contribution is 7.99. The number of amides is 1. The summed E-state index contributed by atoms with van der Waals surface area (Å²) >= 11 is 1.40. The number of fused-ring (bicyclic) bond motifs is 3. The highest BCUT2D eigenvalue weighted by Crippen LogP contribution is 2.42. The second-order valence-corrected chi connectivity index (χ2v) is 8.90. The van der Waals surface area contributed by atoms with Gasteiger partial charge in [0.05, 0.1) is 29.3 Å². The number of nitrogens with zero attached hydrogens (tertiary/aromatic N) is 4. The summed E-state index contributed by atoms with van der Waals surface area (Å²) in [4.78, 5) is 19.3. The number of hydrogen-bond acceptors (Lipinski definition) is 6. The van der Waals surface area contributed by atoms with E-state index in [4.69, 9.17) is 9.84 Å². The average molecular weight is 465 g/mol. The van der Waals surface area contributed by atoms with Crippen molar-refractivity contribution >= 4 is 23.4 Å². The van der Waals surface area contributed by atoms with Gasteiger partial charge in [-0.2, -0.15) is 0 Å². The van der Waals surface area contributed by atoms with Crippen molar-refractivity contribution in [2.45, 2.75) is 51.4 Å². The number of benzene rings is 2. The summed E-state index contributed by atoms with van der Waals surface area (Å²) in [5.74, 6) is 0.989. The Hall–Kier alpha value is -3.13. The molecular weight excluding hydrogens is 436 g/mol. The van der Waals surface area contributed by atoms with Gasteiger partial charge in [0.1, 0.15) is 5.75 Å². The van der Waals surface area contributed by atoms with E-state index in [9.17, 15) is 9.90 Å². The lowest BCUT2D eigenvalue weighted by atomic mass is 10.0. The molecule has 8 heteroatoms. The maximum absolute atomic E-state index is 13.3. The van der Waals surface area contributed by atoms with Gasteiger partial charge in [0, 0.05) is 11.5 Å². The third-order valence-corrected chi connectivity index (χ3v) is 6.23. The molecule has 1 amide bonds. The summed E-state index contributed by atoms with van der Waals surface area (Å²) in [5.41, 5.74) is 2.48. The molecule has 172 valence electrons. The van der Waals surface area contributed by atoms with Crippen LogP contribution in [0.15, 0.2) is 53.7 Å². The van der Waals surface area contributed by atoms with Crippen LogP contribution in [0.5, 0.6) is 11.6 Å². The van der Waals surface area contributed by atoms with Crippen molar-refractivity contribution < 1.29 is 19.3 Å². The fourth-order valence-corrected chi connectivity index (χ4v) is 4.55. The van der Waals surface area contributed by atoms with Crippen LogP contribution < -0.4 is 19.4 Å². The molecule has 1 aliphatic heterocycles. The molecule has 0 bridgehead atoms. The summed E-state index contributed by atoms with van der Waals surface area (Å²) in [6.07, 6.45) is 1.59. The van der Waals surface area contributed by atoms with Gasteiger partial charge in [0.25, 0.3) is 17.0 Å². The maximum Gasteiger partial charge on any atom is 0.296 e. The number of unbranched alkanes of at least 4 members (excludes halogenated alkanes) is 1. The van der Waals surface area contributed by atoms with Gasteiger partial charge in [0.15, 0.2) is 0 Å². The van der Waals surface area contributed by atoms with Gasteiger partial charge in [0.2, 0.25) is 5.91 Å². The molecule has 2 aromatic carbocycles. The van der Waals surface area contributed by atoms with Crippen LogP contribution in [0.25, 0.3) is 11.3 Å². The van der Waals surface area contributed by atoms with Crippen molar-refractivity contribution in [3.63, 3.8) is 0 Å². The second-order valence-electron chi connectivity index (χ2n) is 7.67. The fourth-order valence-electron chi connectivity index (χ4n) is 4.00. The van der Waals surface area contributed by atoms with E-state index in [1.165, 1.54) is 11.8 Å². The summed E-state index contributed by atoms with van der Waals surface area (Å²) < 4.78 is 7.78. The lowest BCUT2D eigenvalue weighted by Crippen LogP contribution is -2.59. The molecule has 1 aliphatic rings. The largest absolute Gasteiger partial charge is 0.854 e. The zero-order chi connectivity index (χ0) is 23.4. The number of rotatable bonds is 8. The predicted octanol–water partition coefficient (Wildman–Crippen LogP) is 4.10. The number of ether oxygens (including phenoxy) is 1. The molecule has 33 heavy (non-hydrogen) atoms. The SMILES string of the molecule is CCCCOc1ccccc1C1N(C(=O)CC)c2ccccc2-c2c([O-])nc(SCC)n[n+]21. The zero-order valence-corrected chi connectivity index (χ0v) is 20.0. The second kappa shape index (κ2) is 10.2. The molecule has 1 aromatic heterocycles. The van der Waals surface area contributed by atoms with E-state index < -0.39 is 6.17 Å². The molecule has 2 heterocycles. The molecule has 0 saturated carbocycles. The molecule has 3 aromatic rings. The van der Waals surface area contributed by atoms with Crippen molar-refractivity contribution in [2.75, 3.05) is 17.3 Å². The van der Waals surface area contributed by atoms with Crippen LogP contribution >= 0.6 is 11.8 Å². The van der Waals surface area contributed by atoms with E-state index >= 15 is 0 Å². The summed E-state index contributed by atoms with van der Waals surface area (Å²) in [5, 5.41) is 18.4. The highest BCUT2D eigenvalue weighted by atomic mass is 32.2. The fraction of sp³-hybridized carbons (Fsp3) is 0.360. The molecule has 7 nitrogen and oxygen atoms in total. The number of anilines is 1. The Labute approximate surface area is 198 Å². The van der Waals surface area contributed by atoms with Crippen LogP contribution in [0.2, 0.25) is 0 Å². The van der Waals surface area contributed by atoms with Gasteiger partial charge < -0.3 is 9.84 Å². The highest BCUT2D eigenvalue weighted by Gasteiger charge is 2.45. The van der Waals surface area contributed by atoms with E-state index in [1.54, 1.807) is 9.58 Å². The van der Waals surface area contributed by atoms with Crippen molar-refractivity contribution in [2.24, 2.45) is 0 Å². The third-order valence-electron chi connectivity index (χ3n) is 5.51. The Morgan fingerprint density at radius 1 is 1.15 bits per heavy atom. The van der Waals surface area contributed by atoms with Crippen LogP contribution in [0.3, 0.4) is 0 Å². The Kier molecular flexibility index (Phi) is 7.13. The maximum atomic E-state index is 13.3. The van der Waals surface area contributed by atoms with Gasteiger partial charge >= 0.3 is 0 Å². The van der Waals surface area contributed by atoms with Gasteiger partial charge in [-0.25, -0.2) is 9.88 Å². The summed E-state index contributed by atoms with van der Waals surface area (Å²) in [6.45, 7) is 6.51. The number of hydrogen-bond donors (Lipinski definition) is 0. The first-order valence-electron chi connectivity index (χ1n) is 11.4. The lowest BCUT2D eigenvalue weighted by molar-refractivity contribution is -0.764. The Morgan fingerprint density at radius 3 is 2.67 bits per heavy atom. The van der Waals surface area contributed by atoms with E-state index in [2.05, 4.69) is 11.9 Å². The lowest BCUT2D eigenvalue weighted by Gasteiger charge is -2.34. The third kappa shape index (κ3) is 4.39. The van der Waals surface area contributed by atoms with Gasteiger partial charge in [-0.1, -0.05) is 67.9 Å². The van der Waals surface area contributed by atoms with Crippen molar-refractivity contribution in [1.82, 2.24) is 10.1 Å². The van der Waals surface area contributed by atoms with Gasteiger partial charge in [-0.15, -0.1) is 0 Å². The molecule has 0 aliphatic carbocycles. The molecule has 1 atom stereocenters. The number of aromatic nitrogens is 3. The Bertz CT molecular complexity index is 1150. The van der Waals surface area contributed by atoms with Crippen molar-refractivity contribution in [3.8, 4) is 22.9 Å². The smallest absolute Gasteiger partial charge is 0.296 e. The topological polar surface area (TPSA) is 82.3 Å². The summed E-state index contributed by atoms with van der Waals surface area (Å²) in [7, 11) is 0. The van der Waals surface area contributed by atoms with Gasteiger partial charge in [-0.05, 0) is 36.4 Å². The predicted molar refractivity (Wildman–Crippen MR) is 126 cm³/mol. The standard InChI is InChI=1S/C25H28N4O3S/c1-4-7-16-32-20-15-11-9-13-18(20)24-28(21(30)5-2)19-14-10-8-12-17(19)22-23(31)26-25(33-6-3)27-29(22)24/h8-15,24H,4-7,16H2,1-3H3. The number of para-hydroxylation sites is 2. The molecule has 0 fully saturated rings. The average Bonchev–Trinajstić information content (AvgIpc) is 2.83. The van der Waals surface area contributed by atoms with Crippen molar-refractivity contribution in [3.05, 3.63) is 54.1 Å². The normalized spacial score (nSPS) is 14.5. The van der Waals surface area contributed by atoms with Crippen LogP contribution in [-0.4, -0.2) is 28.3 Å². The first-order chi connectivity index (χ1) is 16.1. The molecular formula is C25H28N4O3S. The summed E-state index contributed by atoms with van der Waals surface area (Å²) in [6, 6.07) is 15.1. The minimum Gasteiger partial charge on any atom is -0.854 e. The first kappa shape index (κ1) is 23.0. The van der Waals surface area contributed by atoms with Crippen LogP contribution in [0, 0.1) is 0 Å². The molecule has 4 rings (SSSR count). The number of carbonyl (C=O) groups is 1. The minimum absolute atomic E-state index is 0.0651. The first-order valence-corrected chi connectivity index (χ1v) is 12.4. The number of thioether (sulfide) groups is 1. The monoisotopic (exact) mass is 464 g/mol. The van der Waals surface area contributed by atoms with E-state index in [-0.39, 0.29) is 11.8 Å². The van der Waals surface area contributed by atoms with Crippen LogP contribution in [0.4, 0.5) is 5.69 Å². The Balaban J connectivity index is 1.99. The van der Waals surface area contributed by atoms with Crippen molar-refractivity contribution in [1.29, 1.82) is 0 Å². The van der Waals surface area contributed by atoms with E-state index in [0.29, 0.717) is 40.9 Å². The van der Waals surface area contributed by atoms with Crippen LogP contribution in [0.1, 0.15) is 51.8 Å². The van der Waals surface area contributed by atoms with E-state index in [0.717, 1.165) is 24.2 Å². The number of carbonyl (C=O) groups excluding carboxylic acids is 1. The molecule has 0 spiro atoms. The minimum atomic E-state index is -0.660. The molecule has 0 N–H and O–H groups in total. The molecule has 0 saturated heterocycles. The van der Waals surface area contributed by atoms with Crippen LogP contribution in [-0.2, 0) is 4.79 Å². The van der Waals surface area contributed by atoms with Gasteiger partial charge in [-0.3, -0.25) is 4.79 Å². The molecule has 1 unspecified atom stereocenters. The molecule has 0 radical (unpaired) electrons. The zero-order valence-electron chi connectivity index (χ0n) is 19.2.